The molecule has 0 bridgehead atoms. The Bertz CT molecular complexity index is 1910. The van der Waals surface area contributed by atoms with Gasteiger partial charge in [-0.25, -0.2) is 9.78 Å². The van der Waals surface area contributed by atoms with Gasteiger partial charge in [0.15, 0.2) is 11.9 Å². The van der Waals surface area contributed by atoms with Gasteiger partial charge in [0.25, 0.3) is 0 Å². The summed E-state index contributed by atoms with van der Waals surface area (Å²) in [7, 11) is 5.85. The molecule has 1 N–H and O–H groups in total. The number of ether oxygens (including phenoxy) is 2. The third-order valence-electron chi connectivity index (χ3n) is 8.53. The lowest BCUT2D eigenvalue weighted by atomic mass is 9.91. The molecular formula is C35H40ClN5O4S. The molecule has 3 heterocycles. The van der Waals surface area contributed by atoms with E-state index in [2.05, 4.69) is 35.0 Å². The van der Waals surface area contributed by atoms with Crippen molar-refractivity contribution >= 4 is 55.8 Å². The Balaban J connectivity index is 1.45. The van der Waals surface area contributed by atoms with Crippen LogP contribution in [0.1, 0.15) is 38.0 Å². The van der Waals surface area contributed by atoms with E-state index < -0.39 is 17.7 Å². The summed E-state index contributed by atoms with van der Waals surface area (Å²) in [5, 5.41) is 17.8. The van der Waals surface area contributed by atoms with Crippen molar-refractivity contribution in [2.45, 2.75) is 45.4 Å². The number of methoxy groups -OCH3 is 1. The molecule has 5 aromatic rings. The minimum atomic E-state index is -1.16. The van der Waals surface area contributed by atoms with Crippen molar-refractivity contribution in [2.75, 3.05) is 45.3 Å². The van der Waals surface area contributed by atoms with E-state index in [-0.39, 0.29) is 0 Å². The number of aliphatic carboxylic acids is 1. The summed E-state index contributed by atoms with van der Waals surface area (Å²) < 4.78 is 14.3. The monoisotopic (exact) mass is 661 g/mol. The molecule has 3 aromatic carbocycles. The van der Waals surface area contributed by atoms with Crippen molar-refractivity contribution in [3.05, 3.63) is 64.7 Å². The van der Waals surface area contributed by atoms with Crippen LogP contribution < -0.4 is 4.90 Å². The molecule has 0 saturated carbocycles. The molecule has 11 heteroatoms. The fourth-order valence-corrected chi connectivity index (χ4v) is 7.35. The van der Waals surface area contributed by atoms with E-state index in [0.29, 0.717) is 23.2 Å². The van der Waals surface area contributed by atoms with E-state index in [1.54, 1.807) is 18.4 Å². The van der Waals surface area contributed by atoms with Gasteiger partial charge in [0.2, 0.25) is 0 Å². The zero-order chi connectivity index (χ0) is 32.9. The molecule has 1 fully saturated rings. The highest BCUT2D eigenvalue weighted by Crippen LogP contribution is 2.45. The predicted octanol–water partition coefficient (Wildman–Crippen LogP) is 7.19. The Labute approximate surface area is 278 Å². The highest BCUT2D eigenvalue weighted by molar-refractivity contribution is 7.22. The number of rotatable bonds is 10. The number of carboxylic acid groups (broad SMARTS) is 1. The molecule has 6 rings (SSSR count). The van der Waals surface area contributed by atoms with E-state index in [1.165, 1.54) is 0 Å². The van der Waals surface area contributed by atoms with E-state index in [0.717, 1.165) is 73.8 Å². The van der Waals surface area contributed by atoms with Crippen molar-refractivity contribution < 1.29 is 19.4 Å². The number of carbonyl (C=O) groups is 1. The molecule has 0 aliphatic carbocycles. The molecule has 46 heavy (non-hydrogen) atoms. The number of aryl methyl sites for hydroxylation is 2. The minimum Gasteiger partial charge on any atom is -0.479 e. The van der Waals surface area contributed by atoms with Crippen LogP contribution in [-0.2, 0) is 21.3 Å². The van der Waals surface area contributed by atoms with Crippen LogP contribution in [0.2, 0.25) is 5.02 Å². The molecule has 0 amide bonds. The van der Waals surface area contributed by atoms with E-state index >= 15 is 0 Å². The highest BCUT2D eigenvalue weighted by Gasteiger charge is 2.34. The molecule has 1 aliphatic rings. The lowest BCUT2D eigenvalue weighted by Gasteiger charge is -2.44. The fraction of sp³-hybridized carbons (Fsp3) is 0.400. The van der Waals surface area contributed by atoms with Gasteiger partial charge in [-0.2, -0.15) is 5.10 Å². The zero-order valence-electron chi connectivity index (χ0n) is 27.3. The van der Waals surface area contributed by atoms with Gasteiger partial charge >= 0.3 is 5.97 Å². The van der Waals surface area contributed by atoms with Crippen LogP contribution in [0.4, 0.5) is 5.82 Å². The van der Waals surface area contributed by atoms with E-state index in [1.807, 2.05) is 69.8 Å². The van der Waals surface area contributed by atoms with Gasteiger partial charge in [0.1, 0.15) is 5.01 Å². The van der Waals surface area contributed by atoms with Crippen molar-refractivity contribution in [1.82, 2.24) is 19.7 Å². The zero-order valence-corrected chi connectivity index (χ0v) is 28.9. The first-order chi connectivity index (χ1) is 21.8. The van der Waals surface area contributed by atoms with Crippen LogP contribution in [0, 0.1) is 6.92 Å². The summed E-state index contributed by atoms with van der Waals surface area (Å²) >= 11 is 7.82. The van der Waals surface area contributed by atoms with Crippen LogP contribution in [-0.4, -0.2) is 82.8 Å². The first-order valence-corrected chi connectivity index (χ1v) is 16.6. The molecule has 9 nitrogen and oxygen atoms in total. The van der Waals surface area contributed by atoms with Gasteiger partial charge in [-0.3, -0.25) is 9.58 Å². The average molecular weight is 662 g/mol. The van der Waals surface area contributed by atoms with Gasteiger partial charge in [-0.1, -0.05) is 23.7 Å². The SMILES string of the molecule is COCCN(C)C1CN(c2nn(C)c3ccc(-c4nc5cc(C)c([C@H](OC(C)(C)C)C(=O)O)c(-c6ccc(Cl)cc6)c5s4)cc23)C1. The summed E-state index contributed by atoms with van der Waals surface area (Å²) in [6.45, 7) is 11.0. The number of nitrogens with zero attached hydrogens (tertiary/aromatic N) is 5. The van der Waals surface area contributed by atoms with Crippen LogP contribution in [0.15, 0.2) is 48.5 Å². The Kier molecular flexibility index (Phi) is 8.86. The van der Waals surface area contributed by atoms with Gasteiger partial charge < -0.3 is 19.5 Å². The maximum absolute atomic E-state index is 12.7. The minimum absolute atomic E-state index is 0.459. The molecule has 1 saturated heterocycles. The third-order valence-corrected chi connectivity index (χ3v) is 9.92. The standard InChI is InChI=1S/C35H40ClN5O4S/c1-20-16-26-31(29(21-8-11-23(36)12-9-21)28(20)30(34(42)43)45-35(2,3)4)46-33(37-26)22-10-13-27-25(17-22)32(38-40(27)6)41-18-24(19-41)39(5)14-15-44-7/h8-13,16-17,24,30H,14-15,18-19H2,1-7H3,(H,42,43)/t30-/m0/s1. The smallest absolute Gasteiger partial charge is 0.337 e. The molecule has 0 radical (unpaired) electrons. The largest absolute Gasteiger partial charge is 0.479 e. The van der Waals surface area contributed by atoms with Crippen molar-refractivity contribution in [3.63, 3.8) is 0 Å². The number of likely N-dealkylation sites (N-methyl/N-ethyl adjacent to an activating group) is 1. The van der Waals surface area contributed by atoms with Crippen LogP contribution in [0.5, 0.6) is 0 Å². The topological polar surface area (TPSA) is 93.0 Å². The number of hydrogen-bond acceptors (Lipinski definition) is 8. The van der Waals surface area contributed by atoms with Gasteiger partial charge in [0.05, 0.1) is 27.9 Å². The summed E-state index contributed by atoms with van der Waals surface area (Å²) in [5.41, 5.74) is 5.27. The quantitative estimate of drug-likeness (QED) is 0.168. The number of anilines is 1. The second-order valence-corrected chi connectivity index (χ2v) is 14.5. The van der Waals surface area contributed by atoms with E-state index in [4.69, 9.17) is 31.2 Å². The maximum Gasteiger partial charge on any atom is 0.337 e. The Morgan fingerprint density at radius 1 is 1.15 bits per heavy atom. The van der Waals surface area contributed by atoms with E-state index in [9.17, 15) is 9.90 Å². The lowest BCUT2D eigenvalue weighted by molar-refractivity contribution is -0.160. The Hall–Kier alpha value is -3.54. The average Bonchev–Trinajstić information content (AvgIpc) is 3.54. The van der Waals surface area contributed by atoms with Crippen molar-refractivity contribution in [3.8, 4) is 21.7 Å². The summed E-state index contributed by atoms with van der Waals surface area (Å²) in [4.78, 5) is 22.5. The molecule has 242 valence electrons. The second kappa shape index (κ2) is 12.6. The lowest BCUT2D eigenvalue weighted by Crippen LogP contribution is -2.59. The summed E-state index contributed by atoms with van der Waals surface area (Å²) in [5.74, 6) is -0.0644. The molecule has 2 aromatic heterocycles. The number of benzene rings is 3. The fourth-order valence-electron chi connectivity index (χ4n) is 6.10. The first-order valence-electron chi connectivity index (χ1n) is 15.4. The third kappa shape index (κ3) is 6.24. The molecular weight excluding hydrogens is 622 g/mol. The Morgan fingerprint density at radius 2 is 1.85 bits per heavy atom. The van der Waals surface area contributed by atoms with Crippen molar-refractivity contribution in [1.29, 1.82) is 0 Å². The molecule has 0 spiro atoms. The predicted molar refractivity (Wildman–Crippen MR) is 186 cm³/mol. The van der Waals surface area contributed by atoms with Crippen LogP contribution >= 0.6 is 22.9 Å². The van der Waals surface area contributed by atoms with Gasteiger partial charge in [0, 0.05) is 66.9 Å². The second-order valence-electron chi connectivity index (χ2n) is 13.0. The number of fused-ring (bicyclic) bond motifs is 2. The van der Waals surface area contributed by atoms with Gasteiger partial charge in [-0.15, -0.1) is 11.3 Å². The number of aromatic nitrogens is 3. The number of thiazole rings is 1. The molecule has 0 unspecified atom stereocenters. The van der Waals surface area contributed by atoms with Crippen LogP contribution in [0.25, 0.3) is 42.8 Å². The number of carboxylic acids is 1. The summed E-state index contributed by atoms with van der Waals surface area (Å²) in [6, 6.07) is 16.3. The summed E-state index contributed by atoms with van der Waals surface area (Å²) in [6.07, 6.45) is -1.16. The first kappa shape index (κ1) is 32.4. The number of halogens is 1. The van der Waals surface area contributed by atoms with Gasteiger partial charge in [-0.05, 0) is 82.3 Å². The number of hydrogen-bond donors (Lipinski definition) is 1. The van der Waals surface area contributed by atoms with Crippen LogP contribution in [0.3, 0.4) is 0 Å². The maximum atomic E-state index is 12.7. The molecule has 1 aliphatic heterocycles. The Morgan fingerprint density at radius 3 is 2.50 bits per heavy atom. The molecule has 1 atom stereocenters. The van der Waals surface area contributed by atoms with Crippen molar-refractivity contribution in [2.24, 2.45) is 7.05 Å². The highest BCUT2D eigenvalue weighted by atomic mass is 35.5. The normalized spacial score (nSPS) is 14.8.